The van der Waals surface area contributed by atoms with Crippen LogP contribution in [0.5, 0.6) is 0 Å². The second-order valence-corrected chi connectivity index (χ2v) is 11.7. The fraction of sp³-hybridized carbons (Fsp3) is 0.278. The number of aliphatic hydroxyl groups is 1. The van der Waals surface area contributed by atoms with Gasteiger partial charge in [0.25, 0.3) is 0 Å². The maximum Gasteiger partial charge on any atom is 0.0471 e. The molecule has 0 unspecified atom stereocenters. The zero-order valence-electron chi connectivity index (χ0n) is 23.4. The minimum Gasteiger partial charge on any atom is -0.396 e. The quantitative estimate of drug-likeness (QED) is 0.295. The molecule has 1 nitrogen and oxygen atoms in total. The normalized spacial score (nSPS) is 11.4. The Hall–Kier alpha value is -3.42. The molecule has 0 heterocycles. The molecule has 0 amide bonds. The first kappa shape index (κ1) is 28.2. The highest BCUT2D eigenvalue weighted by molar-refractivity contribution is 5.66. The summed E-state index contributed by atoms with van der Waals surface area (Å²) in [6.07, 6.45) is 2.59. The van der Waals surface area contributed by atoms with Gasteiger partial charge in [0, 0.05) is 6.61 Å². The van der Waals surface area contributed by atoms with Crippen LogP contribution in [0.2, 0.25) is 0 Å². The maximum absolute atomic E-state index is 8.91. The highest BCUT2D eigenvalue weighted by Gasteiger charge is 2.14. The van der Waals surface area contributed by atoms with Crippen LogP contribution in [0.1, 0.15) is 63.8 Å². The van der Waals surface area contributed by atoms with E-state index in [1.807, 2.05) is 6.08 Å². The highest BCUT2D eigenvalue weighted by atomic mass is 16.2. The lowest BCUT2D eigenvalue weighted by Crippen LogP contribution is -2.10. The van der Waals surface area contributed by atoms with Gasteiger partial charge in [-0.2, -0.15) is 0 Å². The summed E-state index contributed by atoms with van der Waals surface area (Å²) in [6, 6.07) is 34.5. The predicted molar refractivity (Wildman–Crippen MR) is 162 cm³/mol. The zero-order chi connectivity index (χ0) is 27.1. The average Bonchev–Trinajstić information content (AvgIpc) is 2.89. The van der Waals surface area contributed by atoms with Gasteiger partial charge in [-0.3, -0.25) is 0 Å². The molecule has 0 saturated heterocycles. The van der Waals surface area contributed by atoms with Crippen LogP contribution >= 0.6 is 0 Å². The van der Waals surface area contributed by atoms with Crippen molar-refractivity contribution in [2.45, 2.75) is 58.8 Å². The molecule has 4 rings (SSSR count). The molecule has 0 atom stereocenters. The molecule has 37 heavy (non-hydrogen) atoms. The minimum absolute atomic E-state index is 0.198. The van der Waals surface area contributed by atoms with Crippen molar-refractivity contribution in [3.63, 3.8) is 0 Å². The molecule has 0 aliphatic carbocycles. The molecule has 0 aliphatic rings. The second-order valence-electron chi connectivity index (χ2n) is 11.7. The molecule has 0 bridgehead atoms. The lowest BCUT2D eigenvalue weighted by molar-refractivity contribution is 0.299. The standard InChI is InChI=1S/C18H22O.C18H20/c1-18(2,3)17-10-8-16(9-11-17)15-6-4-14(5-7-15)12-13-19;1-5-14-6-8-15(9-7-14)16-10-12-17(13-11-16)18(2,3)4/h4-11,19H,12-13H2,1-3H3;5-13H,1H2,2-4H3. The van der Waals surface area contributed by atoms with Crippen LogP contribution in [0.25, 0.3) is 28.3 Å². The summed E-state index contributed by atoms with van der Waals surface area (Å²) >= 11 is 0. The van der Waals surface area contributed by atoms with Crippen molar-refractivity contribution >= 4 is 6.08 Å². The van der Waals surface area contributed by atoms with Crippen LogP contribution in [-0.2, 0) is 17.3 Å². The molecule has 0 radical (unpaired) electrons. The molecule has 0 aromatic heterocycles. The average molecular weight is 491 g/mol. The minimum atomic E-state index is 0.198. The number of rotatable bonds is 5. The number of benzene rings is 4. The van der Waals surface area contributed by atoms with E-state index in [4.69, 9.17) is 5.11 Å². The van der Waals surface area contributed by atoms with E-state index >= 15 is 0 Å². The Labute approximate surface area is 224 Å². The molecule has 4 aromatic carbocycles. The van der Waals surface area contributed by atoms with Crippen LogP contribution in [0.15, 0.2) is 104 Å². The fourth-order valence-corrected chi connectivity index (χ4v) is 4.13. The van der Waals surface area contributed by atoms with E-state index in [0.29, 0.717) is 0 Å². The first-order valence-corrected chi connectivity index (χ1v) is 13.2. The first-order valence-electron chi connectivity index (χ1n) is 13.2. The summed E-state index contributed by atoms with van der Waals surface area (Å²) in [5.74, 6) is 0. The Morgan fingerprint density at radius 1 is 0.541 bits per heavy atom. The zero-order valence-corrected chi connectivity index (χ0v) is 23.4. The topological polar surface area (TPSA) is 20.2 Å². The van der Waals surface area contributed by atoms with Gasteiger partial charge in [0.05, 0.1) is 0 Å². The largest absolute Gasteiger partial charge is 0.396 e. The molecule has 0 fully saturated rings. The van der Waals surface area contributed by atoms with Crippen LogP contribution in [0, 0.1) is 0 Å². The van der Waals surface area contributed by atoms with Gasteiger partial charge in [-0.05, 0) is 61.8 Å². The number of aliphatic hydroxyl groups excluding tert-OH is 1. The molecular formula is C36H42O. The van der Waals surface area contributed by atoms with E-state index in [1.165, 1.54) is 38.9 Å². The summed E-state index contributed by atoms with van der Waals surface area (Å²) in [5, 5.41) is 8.91. The van der Waals surface area contributed by atoms with Crippen molar-refractivity contribution in [1.29, 1.82) is 0 Å². The second kappa shape index (κ2) is 12.2. The SMILES string of the molecule is C=Cc1ccc(-c2ccc(C(C)(C)C)cc2)cc1.CC(C)(C)c1ccc(-c2ccc(CCO)cc2)cc1. The van der Waals surface area contributed by atoms with E-state index in [-0.39, 0.29) is 17.4 Å². The van der Waals surface area contributed by atoms with E-state index in [0.717, 1.165) is 12.0 Å². The monoisotopic (exact) mass is 490 g/mol. The van der Waals surface area contributed by atoms with Gasteiger partial charge < -0.3 is 5.11 Å². The molecule has 0 spiro atoms. The van der Waals surface area contributed by atoms with Gasteiger partial charge in [0.1, 0.15) is 0 Å². The third kappa shape index (κ3) is 8.03. The van der Waals surface area contributed by atoms with Crippen molar-refractivity contribution in [3.8, 4) is 22.3 Å². The fourth-order valence-electron chi connectivity index (χ4n) is 4.13. The van der Waals surface area contributed by atoms with Crippen molar-refractivity contribution in [2.75, 3.05) is 6.61 Å². The van der Waals surface area contributed by atoms with Gasteiger partial charge in [0.15, 0.2) is 0 Å². The van der Waals surface area contributed by atoms with Crippen LogP contribution in [0.4, 0.5) is 0 Å². The Morgan fingerprint density at radius 2 is 0.865 bits per heavy atom. The first-order chi connectivity index (χ1) is 17.5. The van der Waals surface area contributed by atoms with Crippen LogP contribution < -0.4 is 0 Å². The maximum atomic E-state index is 8.91. The van der Waals surface area contributed by atoms with Gasteiger partial charge in [-0.25, -0.2) is 0 Å². The van der Waals surface area contributed by atoms with Crippen molar-refractivity contribution in [3.05, 3.63) is 126 Å². The van der Waals surface area contributed by atoms with Crippen LogP contribution in [0.3, 0.4) is 0 Å². The summed E-state index contributed by atoms with van der Waals surface area (Å²) in [6.45, 7) is 17.4. The van der Waals surface area contributed by atoms with Gasteiger partial charge in [-0.1, -0.05) is 151 Å². The van der Waals surface area contributed by atoms with Crippen molar-refractivity contribution in [1.82, 2.24) is 0 Å². The Balaban J connectivity index is 0.000000206. The van der Waals surface area contributed by atoms with Crippen LogP contribution in [-0.4, -0.2) is 11.7 Å². The van der Waals surface area contributed by atoms with Gasteiger partial charge in [0.2, 0.25) is 0 Å². The third-order valence-electron chi connectivity index (χ3n) is 6.67. The smallest absolute Gasteiger partial charge is 0.0471 e. The summed E-state index contributed by atoms with van der Waals surface area (Å²) < 4.78 is 0. The summed E-state index contributed by atoms with van der Waals surface area (Å²) in [7, 11) is 0. The third-order valence-corrected chi connectivity index (χ3v) is 6.67. The van der Waals surface area contributed by atoms with Gasteiger partial charge >= 0.3 is 0 Å². The molecule has 0 aliphatic heterocycles. The molecule has 1 N–H and O–H groups in total. The molecule has 1 heteroatoms. The Bertz CT molecular complexity index is 1250. The number of hydrogen-bond donors (Lipinski definition) is 1. The lowest BCUT2D eigenvalue weighted by atomic mass is 9.86. The van der Waals surface area contributed by atoms with E-state index < -0.39 is 0 Å². The summed E-state index contributed by atoms with van der Waals surface area (Å²) in [5.41, 5.74) is 10.4. The van der Waals surface area contributed by atoms with Crippen molar-refractivity contribution in [2.24, 2.45) is 0 Å². The highest BCUT2D eigenvalue weighted by Crippen LogP contribution is 2.27. The lowest BCUT2D eigenvalue weighted by Gasteiger charge is -2.19. The predicted octanol–water partition coefficient (Wildman–Crippen LogP) is 9.48. The van der Waals surface area contributed by atoms with E-state index in [2.05, 4.69) is 145 Å². The van der Waals surface area contributed by atoms with E-state index in [1.54, 1.807) is 0 Å². The Morgan fingerprint density at radius 3 is 1.16 bits per heavy atom. The molecule has 0 saturated carbocycles. The molecule has 4 aromatic rings. The van der Waals surface area contributed by atoms with Gasteiger partial charge in [-0.15, -0.1) is 0 Å². The van der Waals surface area contributed by atoms with Crippen molar-refractivity contribution < 1.29 is 5.11 Å². The molecule has 192 valence electrons. The summed E-state index contributed by atoms with van der Waals surface area (Å²) in [4.78, 5) is 0. The number of hydrogen-bond acceptors (Lipinski definition) is 1. The Kier molecular flexibility index (Phi) is 9.29. The molecular weight excluding hydrogens is 448 g/mol. The van der Waals surface area contributed by atoms with E-state index in [9.17, 15) is 0 Å².